The smallest absolute Gasteiger partial charge is 0.302 e. The van der Waals surface area contributed by atoms with E-state index in [0.717, 1.165) is 5.56 Å². The van der Waals surface area contributed by atoms with Gasteiger partial charge < -0.3 is 14.6 Å². The quantitative estimate of drug-likeness (QED) is 0.742. The highest BCUT2D eigenvalue weighted by Crippen LogP contribution is 2.07. The summed E-state index contributed by atoms with van der Waals surface area (Å²) in [4.78, 5) is 10.8. The topological polar surface area (TPSA) is 55.8 Å². The van der Waals surface area contributed by atoms with Crippen molar-refractivity contribution in [1.29, 1.82) is 0 Å². The van der Waals surface area contributed by atoms with Crippen molar-refractivity contribution in [1.82, 2.24) is 0 Å². The first kappa shape index (κ1) is 16.4. The Kier molecular flexibility index (Phi) is 7.62. The van der Waals surface area contributed by atoms with Crippen LogP contribution < -0.4 is 0 Å². The lowest BCUT2D eigenvalue weighted by Gasteiger charge is -2.18. The second-order valence-corrected chi connectivity index (χ2v) is 4.61. The first-order valence-corrected chi connectivity index (χ1v) is 6.73. The molecule has 1 aromatic rings. The zero-order valence-corrected chi connectivity index (χ0v) is 12.0. The second kappa shape index (κ2) is 9.28. The monoisotopic (exact) mass is 278 g/mol. The Morgan fingerprint density at radius 2 is 2.05 bits per heavy atom. The summed E-state index contributed by atoms with van der Waals surface area (Å²) in [5, 5.41) is 9.24. The Bertz CT molecular complexity index is 414. The molecule has 0 aliphatic rings. The third-order valence-corrected chi connectivity index (χ3v) is 2.70. The number of carbonyl (C=O) groups is 1. The maximum atomic E-state index is 10.8. The summed E-state index contributed by atoms with van der Waals surface area (Å²) < 4.78 is 10.5. The molecule has 0 heterocycles. The molecule has 0 bridgehead atoms. The highest BCUT2D eigenvalue weighted by atomic mass is 16.5. The van der Waals surface area contributed by atoms with E-state index < -0.39 is 0 Å². The van der Waals surface area contributed by atoms with Crippen LogP contribution in [0.3, 0.4) is 0 Å². The van der Waals surface area contributed by atoms with E-state index in [9.17, 15) is 9.90 Å². The summed E-state index contributed by atoms with van der Waals surface area (Å²) in [7, 11) is 0. The molecule has 0 fully saturated rings. The molecule has 1 N–H and O–H groups in total. The number of aliphatic hydroxyl groups is 1. The lowest BCUT2D eigenvalue weighted by molar-refractivity contribution is -0.147. The molecule has 0 amide bonds. The van der Waals surface area contributed by atoms with Crippen molar-refractivity contribution in [2.45, 2.75) is 32.5 Å². The van der Waals surface area contributed by atoms with Crippen LogP contribution in [-0.2, 0) is 14.3 Å². The Labute approximate surface area is 120 Å². The molecule has 0 aliphatic carbocycles. The average Bonchev–Trinajstić information content (AvgIpc) is 2.42. The van der Waals surface area contributed by atoms with Gasteiger partial charge in [-0.05, 0) is 12.5 Å². The van der Waals surface area contributed by atoms with Crippen LogP contribution in [0.1, 0.15) is 25.8 Å². The SMILES string of the molecule is CC(=O)OC(C)CC(CO)OCC=Cc1ccccc1. The van der Waals surface area contributed by atoms with Gasteiger partial charge in [0.2, 0.25) is 0 Å². The fourth-order valence-electron chi connectivity index (χ4n) is 1.84. The molecule has 0 saturated heterocycles. The van der Waals surface area contributed by atoms with Crippen LogP contribution in [0.25, 0.3) is 6.08 Å². The number of aliphatic hydroxyl groups excluding tert-OH is 1. The molecule has 2 unspecified atom stereocenters. The van der Waals surface area contributed by atoms with Gasteiger partial charge in [0.15, 0.2) is 0 Å². The van der Waals surface area contributed by atoms with E-state index in [0.29, 0.717) is 13.0 Å². The van der Waals surface area contributed by atoms with Crippen LogP contribution in [0.5, 0.6) is 0 Å². The van der Waals surface area contributed by atoms with Crippen LogP contribution in [0.2, 0.25) is 0 Å². The summed E-state index contributed by atoms with van der Waals surface area (Å²) in [6, 6.07) is 9.91. The van der Waals surface area contributed by atoms with Crippen molar-refractivity contribution in [3.05, 3.63) is 42.0 Å². The van der Waals surface area contributed by atoms with Gasteiger partial charge in [0, 0.05) is 13.3 Å². The molecule has 0 saturated carbocycles. The van der Waals surface area contributed by atoms with Crippen LogP contribution >= 0.6 is 0 Å². The third kappa shape index (κ3) is 7.07. The van der Waals surface area contributed by atoms with Gasteiger partial charge in [-0.15, -0.1) is 0 Å². The number of esters is 1. The minimum atomic E-state index is -0.329. The number of ether oxygens (including phenoxy) is 2. The number of hydrogen-bond donors (Lipinski definition) is 1. The lowest BCUT2D eigenvalue weighted by Crippen LogP contribution is -2.25. The van der Waals surface area contributed by atoms with Gasteiger partial charge >= 0.3 is 5.97 Å². The maximum absolute atomic E-state index is 10.8. The zero-order valence-electron chi connectivity index (χ0n) is 12.0. The molecule has 1 aromatic carbocycles. The van der Waals surface area contributed by atoms with Crippen molar-refractivity contribution in [3.63, 3.8) is 0 Å². The third-order valence-electron chi connectivity index (χ3n) is 2.70. The van der Waals surface area contributed by atoms with Crippen LogP contribution in [-0.4, -0.2) is 36.5 Å². The van der Waals surface area contributed by atoms with E-state index >= 15 is 0 Å². The predicted molar refractivity (Wildman–Crippen MR) is 78.1 cm³/mol. The maximum Gasteiger partial charge on any atom is 0.302 e. The fourth-order valence-corrected chi connectivity index (χ4v) is 1.84. The molecule has 20 heavy (non-hydrogen) atoms. The molecular weight excluding hydrogens is 256 g/mol. The van der Waals surface area contributed by atoms with Crippen molar-refractivity contribution in [2.75, 3.05) is 13.2 Å². The molecule has 0 aromatic heterocycles. The molecule has 1 rings (SSSR count). The van der Waals surface area contributed by atoms with E-state index in [2.05, 4.69) is 0 Å². The van der Waals surface area contributed by atoms with E-state index in [1.807, 2.05) is 42.5 Å². The van der Waals surface area contributed by atoms with Gasteiger partial charge in [-0.25, -0.2) is 0 Å². The zero-order chi connectivity index (χ0) is 14.8. The summed E-state index contributed by atoms with van der Waals surface area (Å²) in [6.45, 7) is 3.47. The summed E-state index contributed by atoms with van der Waals surface area (Å²) in [5.41, 5.74) is 1.10. The van der Waals surface area contributed by atoms with E-state index in [1.54, 1.807) is 6.92 Å². The van der Waals surface area contributed by atoms with Gasteiger partial charge in [0.25, 0.3) is 0 Å². The van der Waals surface area contributed by atoms with Crippen molar-refractivity contribution in [2.24, 2.45) is 0 Å². The Morgan fingerprint density at radius 1 is 1.35 bits per heavy atom. The van der Waals surface area contributed by atoms with Gasteiger partial charge in [-0.1, -0.05) is 42.5 Å². The second-order valence-electron chi connectivity index (χ2n) is 4.61. The largest absolute Gasteiger partial charge is 0.463 e. The van der Waals surface area contributed by atoms with Crippen molar-refractivity contribution >= 4 is 12.0 Å². The van der Waals surface area contributed by atoms with E-state index in [1.165, 1.54) is 6.92 Å². The highest BCUT2D eigenvalue weighted by molar-refractivity contribution is 5.66. The first-order chi connectivity index (χ1) is 9.61. The number of benzene rings is 1. The molecule has 0 radical (unpaired) electrons. The van der Waals surface area contributed by atoms with Gasteiger partial charge in [0.05, 0.1) is 19.3 Å². The number of rotatable bonds is 8. The first-order valence-electron chi connectivity index (χ1n) is 6.73. The van der Waals surface area contributed by atoms with Crippen LogP contribution in [0, 0.1) is 0 Å². The van der Waals surface area contributed by atoms with Crippen molar-refractivity contribution in [3.8, 4) is 0 Å². The van der Waals surface area contributed by atoms with Gasteiger partial charge in [-0.3, -0.25) is 4.79 Å². The van der Waals surface area contributed by atoms with Gasteiger partial charge in [-0.2, -0.15) is 0 Å². The summed E-state index contributed by atoms with van der Waals surface area (Å²) in [6.07, 6.45) is 3.75. The van der Waals surface area contributed by atoms with E-state index in [-0.39, 0.29) is 24.8 Å². The normalized spacial score (nSPS) is 14.2. The van der Waals surface area contributed by atoms with Crippen LogP contribution in [0.4, 0.5) is 0 Å². The fraction of sp³-hybridized carbons (Fsp3) is 0.438. The number of carbonyl (C=O) groups excluding carboxylic acids is 1. The predicted octanol–water partition coefficient (Wildman–Crippen LogP) is 2.42. The molecule has 110 valence electrons. The lowest BCUT2D eigenvalue weighted by atomic mass is 10.2. The van der Waals surface area contributed by atoms with E-state index in [4.69, 9.17) is 9.47 Å². The molecule has 2 atom stereocenters. The van der Waals surface area contributed by atoms with Crippen molar-refractivity contribution < 1.29 is 19.4 Å². The Hall–Kier alpha value is -1.65. The standard InChI is InChI=1S/C16H22O4/c1-13(20-14(2)18)11-16(12-17)19-10-6-9-15-7-4-3-5-8-15/h3-9,13,16-17H,10-12H2,1-2H3. The minimum absolute atomic E-state index is 0.0925. The molecule has 0 spiro atoms. The molecule has 4 heteroatoms. The summed E-state index contributed by atoms with van der Waals surface area (Å²) in [5.74, 6) is -0.321. The Morgan fingerprint density at radius 3 is 2.65 bits per heavy atom. The average molecular weight is 278 g/mol. The molecular formula is C16H22O4. The number of hydrogen-bond acceptors (Lipinski definition) is 4. The Balaban J connectivity index is 2.31. The van der Waals surface area contributed by atoms with Crippen LogP contribution in [0.15, 0.2) is 36.4 Å². The van der Waals surface area contributed by atoms with Gasteiger partial charge in [0.1, 0.15) is 6.10 Å². The highest BCUT2D eigenvalue weighted by Gasteiger charge is 2.14. The minimum Gasteiger partial charge on any atom is -0.463 e. The molecule has 0 aliphatic heterocycles. The molecule has 4 nitrogen and oxygen atoms in total. The summed E-state index contributed by atoms with van der Waals surface area (Å²) >= 11 is 0.